The van der Waals surface area contributed by atoms with E-state index < -0.39 is 46.8 Å². The number of nitrogens with zero attached hydrogens (tertiary/aromatic N) is 3. The molecule has 0 spiro atoms. The number of para-hydroxylation sites is 1. The molecule has 0 aromatic heterocycles. The molecule has 4 fully saturated rings. The van der Waals surface area contributed by atoms with E-state index in [1.807, 2.05) is 85.8 Å². The highest BCUT2D eigenvalue weighted by Gasteiger charge is 2.71. The number of fused-ring (bicyclic) bond motifs is 4. The number of amides is 4. The number of rotatable bonds is 8. The van der Waals surface area contributed by atoms with Crippen molar-refractivity contribution in [1.82, 2.24) is 14.8 Å². The van der Waals surface area contributed by atoms with Gasteiger partial charge in [0, 0.05) is 37.2 Å². The van der Waals surface area contributed by atoms with E-state index in [-0.39, 0.29) is 35.8 Å². The van der Waals surface area contributed by atoms with Gasteiger partial charge in [-0.3, -0.25) is 34.4 Å². The summed E-state index contributed by atoms with van der Waals surface area (Å²) in [5, 5.41) is 13.0. The van der Waals surface area contributed by atoms with Crippen molar-refractivity contribution >= 4 is 29.3 Å². The highest BCUT2D eigenvalue weighted by molar-refractivity contribution is 6.13. The maximum Gasteiger partial charge on any atom is 0.260 e. The van der Waals surface area contributed by atoms with Crippen LogP contribution in [0.2, 0.25) is 0 Å². The molecule has 3 aliphatic heterocycles. The van der Waals surface area contributed by atoms with Crippen LogP contribution in [-0.4, -0.2) is 69.8 Å². The van der Waals surface area contributed by atoms with Crippen molar-refractivity contribution in [2.24, 2.45) is 23.7 Å². The summed E-state index contributed by atoms with van der Waals surface area (Å²) in [6.45, 7) is 4.34. The second-order valence-corrected chi connectivity index (χ2v) is 16.0. The second kappa shape index (κ2) is 14.1. The summed E-state index contributed by atoms with van der Waals surface area (Å²) in [5.41, 5.74) is 6.38. The SMILES string of the molecule is COc1cccc(C2C3=CCC4C(=O)N(C5CCN(Cc6ccccc6)CC5)C(=O)C4C3CC3C(=O)N(Nc4ccc(C)cc4)C(=O)C32c2ccccc2)c1O. The number of hydrogen-bond donors (Lipinski definition) is 2. The number of benzene rings is 4. The number of ether oxygens (including phenoxy) is 1. The molecular weight excluding hydrogens is 705 g/mol. The van der Waals surface area contributed by atoms with E-state index in [2.05, 4.69) is 22.5 Å². The number of hydrogen-bond acceptors (Lipinski definition) is 8. The number of piperidine rings is 1. The molecule has 2 N–H and O–H groups in total. The number of carbonyl (C=O) groups is 4. The number of nitrogens with one attached hydrogen (secondary N) is 1. The summed E-state index contributed by atoms with van der Waals surface area (Å²) < 4.78 is 5.59. The molecule has 9 rings (SSSR count). The lowest BCUT2D eigenvalue weighted by atomic mass is 9.49. The zero-order valence-electron chi connectivity index (χ0n) is 31.6. The average Bonchev–Trinajstić information content (AvgIpc) is 3.60. The first-order chi connectivity index (χ1) is 27.2. The molecule has 4 amide bonds. The maximum atomic E-state index is 15.4. The van der Waals surface area contributed by atoms with Crippen molar-refractivity contribution < 1.29 is 29.0 Å². The molecule has 286 valence electrons. The van der Waals surface area contributed by atoms with Crippen LogP contribution in [-0.2, 0) is 31.1 Å². The van der Waals surface area contributed by atoms with Crippen LogP contribution in [0.3, 0.4) is 0 Å². The summed E-state index contributed by atoms with van der Waals surface area (Å²) in [6.07, 6.45) is 3.95. The van der Waals surface area contributed by atoms with Gasteiger partial charge in [-0.15, -0.1) is 0 Å². The first-order valence-electron chi connectivity index (χ1n) is 19.7. The third-order valence-electron chi connectivity index (χ3n) is 13.2. The van der Waals surface area contributed by atoms with Gasteiger partial charge in [0.05, 0.1) is 36.0 Å². The van der Waals surface area contributed by atoms with Crippen molar-refractivity contribution in [3.8, 4) is 11.5 Å². The fourth-order valence-electron chi connectivity index (χ4n) is 10.6. The topological polar surface area (TPSA) is 119 Å². The Hall–Kier alpha value is -5.74. The van der Waals surface area contributed by atoms with Crippen molar-refractivity contribution in [3.63, 3.8) is 0 Å². The quantitative estimate of drug-likeness (QED) is 0.158. The second-order valence-electron chi connectivity index (χ2n) is 16.0. The number of hydrazine groups is 1. The number of aromatic hydroxyl groups is 1. The summed E-state index contributed by atoms with van der Waals surface area (Å²) in [7, 11) is 1.48. The van der Waals surface area contributed by atoms with Crippen LogP contribution in [0.1, 0.15) is 53.9 Å². The fourth-order valence-corrected chi connectivity index (χ4v) is 10.6. The first-order valence-corrected chi connectivity index (χ1v) is 19.7. The number of phenolic OH excluding ortho intramolecular Hbond substituents is 1. The van der Waals surface area contributed by atoms with Gasteiger partial charge < -0.3 is 9.84 Å². The minimum Gasteiger partial charge on any atom is -0.504 e. The largest absolute Gasteiger partial charge is 0.504 e. The molecule has 0 bridgehead atoms. The Balaban J connectivity index is 1.12. The molecule has 10 nitrogen and oxygen atoms in total. The average molecular weight is 751 g/mol. The number of imide groups is 2. The van der Waals surface area contributed by atoms with Gasteiger partial charge in [0.25, 0.3) is 11.8 Å². The van der Waals surface area contributed by atoms with Crippen molar-refractivity contribution in [2.75, 3.05) is 25.6 Å². The zero-order valence-corrected chi connectivity index (χ0v) is 31.6. The van der Waals surface area contributed by atoms with Crippen LogP contribution in [0.25, 0.3) is 0 Å². The third kappa shape index (κ3) is 5.56. The van der Waals surface area contributed by atoms with Crippen LogP contribution in [0.5, 0.6) is 11.5 Å². The Morgan fingerprint density at radius 3 is 2.20 bits per heavy atom. The maximum absolute atomic E-state index is 15.4. The molecule has 1 saturated carbocycles. The lowest BCUT2D eigenvalue weighted by molar-refractivity contribution is -0.144. The van der Waals surface area contributed by atoms with E-state index in [9.17, 15) is 19.5 Å². The molecule has 6 atom stereocenters. The third-order valence-corrected chi connectivity index (χ3v) is 13.2. The molecule has 3 saturated heterocycles. The monoisotopic (exact) mass is 750 g/mol. The fraction of sp³-hybridized carbons (Fsp3) is 0.348. The molecule has 0 radical (unpaired) electrons. The van der Waals surface area contributed by atoms with E-state index in [1.54, 1.807) is 23.1 Å². The predicted octanol–water partition coefficient (Wildman–Crippen LogP) is 6.36. The summed E-state index contributed by atoms with van der Waals surface area (Å²) in [4.78, 5) is 63.4. The van der Waals surface area contributed by atoms with Crippen molar-refractivity contribution in [1.29, 1.82) is 0 Å². The highest BCUT2D eigenvalue weighted by Crippen LogP contribution is 2.65. The zero-order chi connectivity index (χ0) is 38.7. The van der Waals surface area contributed by atoms with Gasteiger partial charge in [-0.05, 0) is 67.9 Å². The van der Waals surface area contributed by atoms with Gasteiger partial charge >= 0.3 is 0 Å². The summed E-state index contributed by atoms with van der Waals surface area (Å²) >= 11 is 0. The smallest absolute Gasteiger partial charge is 0.260 e. The van der Waals surface area contributed by atoms with Crippen LogP contribution in [0.15, 0.2) is 115 Å². The van der Waals surface area contributed by atoms with Crippen molar-refractivity contribution in [3.05, 3.63) is 137 Å². The Bertz CT molecular complexity index is 2220. The molecule has 10 heteroatoms. The number of anilines is 1. The standard InChI is InChI=1S/C46H46N4O6/c1-28-16-18-31(19-17-28)47-50-43(53)37-26-36-33(40(35-14-9-15-38(56-2)41(35)51)46(37,45(50)55)30-12-7-4-8-13-30)20-21-34-39(36)44(54)49(42(34)52)32-22-24-48(25-23-32)27-29-10-5-3-6-11-29/h3-20,32,34,36-37,39-40,47,51H,21-27H2,1-2H3. The van der Waals surface area contributed by atoms with Gasteiger partial charge in [0.1, 0.15) is 0 Å². The Morgan fingerprint density at radius 2 is 1.50 bits per heavy atom. The van der Waals surface area contributed by atoms with Crippen molar-refractivity contribution in [2.45, 2.75) is 56.5 Å². The van der Waals surface area contributed by atoms with Crippen LogP contribution >= 0.6 is 0 Å². The number of allylic oxidation sites excluding steroid dienone is 2. The van der Waals surface area contributed by atoms with E-state index in [0.29, 0.717) is 36.1 Å². The normalized spacial score (nSPS) is 27.8. The predicted molar refractivity (Wildman–Crippen MR) is 210 cm³/mol. The first kappa shape index (κ1) is 35.9. The summed E-state index contributed by atoms with van der Waals surface area (Å²) in [6, 6.07) is 32.1. The highest BCUT2D eigenvalue weighted by atomic mass is 16.5. The minimum atomic E-state index is -1.48. The van der Waals surface area contributed by atoms with Crippen LogP contribution in [0, 0.1) is 30.6 Å². The molecule has 4 aromatic rings. The van der Waals surface area contributed by atoms with E-state index >= 15 is 4.79 Å². The van der Waals surface area contributed by atoms with E-state index in [0.717, 1.165) is 35.8 Å². The molecule has 3 heterocycles. The molecule has 2 aliphatic carbocycles. The molecule has 6 unspecified atom stereocenters. The van der Waals surface area contributed by atoms with Gasteiger partial charge in [-0.1, -0.05) is 102 Å². The van der Waals surface area contributed by atoms with Gasteiger partial charge in [0.2, 0.25) is 11.8 Å². The Morgan fingerprint density at radius 1 is 0.804 bits per heavy atom. The van der Waals surface area contributed by atoms with E-state index in [4.69, 9.17) is 4.74 Å². The number of phenols is 1. The van der Waals surface area contributed by atoms with Gasteiger partial charge in [-0.2, -0.15) is 5.01 Å². The van der Waals surface area contributed by atoms with Gasteiger partial charge in [0.15, 0.2) is 11.5 Å². The minimum absolute atomic E-state index is 0.124. The number of likely N-dealkylation sites (tertiary alicyclic amines) is 2. The Labute approximate surface area is 326 Å². The lowest BCUT2D eigenvalue weighted by Crippen LogP contribution is -2.53. The molecule has 5 aliphatic rings. The number of aryl methyl sites for hydroxylation is 1. The molecule has 4 aromatic carbocycles. The number of methoxy groups -OCH3 is 1. The molecule has 56 heavy (non-hydrogen) atoms. The van der Waals surface area contributed by atoms with Crippen LogP contribution < -0.4 is 10.2 Å². The summed E-state index contributed by atoms with van der Waals surface area (Å²) in [5.74, 6) is -4.58. The Kier molecular flexibility index (Phi) is 9.04. The van der Waals surface area contributed by atoms with Crippen LogP contribution in [0.4, 0.5) is 5.69 Å². The molecular formula is C46H46N4O6. The van der Waals surface area contributed by atoms with E-state index in [1.165, 1.54) is 12.7 Å². The number of carbonyl (C=O) groups excluding carboxylic acids is 4. The van der Waals surface area contributed by atoms with Gasteiger partial charge in [-0.25, -0.2) is 0 Å². The lowest BCUT2D eigenvalue weighted by Gasteiger charge is -2.50.